The Labute approximate surface area is 201 Å². The van der Waals surface area contributed by atoms with E-state index in [1.165, 1.54) is 32.1 Å². The highest BCUT2D eigenvalue weighted by Crippen LogP contribution is 2.26. The van der Waals surface area contributed by atoms with Gasteiger partial charge in [-0.3, -0.25) is 9.69 Å². The smallest absolute Gasteiger partial charge is 0.475 e. The Bertz CT molecular complexity index is 789. The fraction of sp³-hybridized carbons (Fsp3) is 0.636. The number of morpholine rings is 1. The van der Waals surface area contributed by atoms with E-state index in [0.29, 0.717) is 35.5 Å². The Balaban J connectivity index is 0.000000479. The third-order valence-corrected chi connectivity index (χ3v) is 6.32. The van der Waals surface area contributed by atoms with Gasteiger partial charge in [-0.25, -0.2) is 4.79 Å². The summed E-state index contributed by atoms with van der Waals surface area (Å²) < 4.78 is 37.6. The second-order valence-corrected chi connectivity index (χ2v) is 9.11. The van der Waals surface area contributed by atoms with Crippen LogP contribution < -0.4 is 5.32 Å². The van der Waals surface area contributed by atoms with E-state index in [-0.39, 0.29) is 12.0 Å². The molecule has 1 heterocycles. The van der Waals surface area contributed by atoms with E-state index < -0.39 is 12.1 Å². The Kier molecular flexibility index (Phi) is 11.2. The first-order valence-corrected chi connectivity index (χ1v) is 11.6. The van der Waals surface area contributed by atoms with Gasteiger partial charge in [0.1, 0.15) is 0 Å². The average molecular weight is 513 g/mol. The van der Waals surface area contributed by atoms with Crippen LogP contribution in [0.2, 0.25) is 10.0 Å². The first-order chi connectivity index (χ1) is 15.5. The van der Waals surface area contributed by atoms with E-state index in [1.54, 1.807) is 0 Å². The highest BCUT2D eigenvalue weighted by Gasteiger charge is 2.38. The molecular weight excluding hydrogens is 484 g/mol. The highest BCUT2D eigenvalue weighted by atomic mass is 35.5. The lowest BCUT2D eigenvalue weighted by Crippen LogP contribution is -2.47. The highest BCUT2D eigenvalue weighted by molar-refractivity contribution is 6.42. The van der Waals surface area contributed by atoms with Gasteiger partial charge in [0.15, 0.2) is 0 Å². The maximum Gasteiger partial charge on any atom is 0.490 e. The van der Waals surface area contributed by atoms with Crippen LogP contribution in [0.25, 0.3) is 0 Å². The molecule has 2 N–H and O–H groups in total. The van der Waals surface area contributed by atoms with E-state index in [9.17, 15) is 18.0 Å². The van der Waals surface area contributed by atoms with Crippen LogP contribution in [0.3, 0.4) is 0 Å². The minimum Gasteiger partial charge on any atom is -0.475 e. The van der Waals surface area contributed by atoms with Gasteiger partial charge in [0.2, 0.25) is 5.91 Å². The minimum atomic E-state index is -5.08. The molecule has 2 fully saturated rings. The molecule has 1 amide bonds. The summed E-state index contributed by atoms with van der Waals surface area (Å²) in [5.74, 6) is -2.02. The van der Waals surface area contributed by atoms with Crippen LogP contribution in [-0.2, 0) is 20.9 Å². The van der Waals surface area contributed by atoms with E-state index in [1.807, 2.05) is 18.2 Å². The third kappa shape index (κ3) is 10.5. The number of rotatable bonds is 6. The topological polar surface area (TPSA) is 78.9 Å². The molecule has 0 aromatic heterocycles. The van der Waals surface area contributed by atoms with Crippen molar-refractivity contribution in [3.8, 4) is 0 Å². The Morgan fingerprint density at radius 2 is 1.82 bits per heavy atom. The van der Waals surface area contributed by atoms with Gasteiger partial charge >= 0.3 is 12.1 Å². The number of alkyl halides is 3. The second kappa shape index (κ2) is 13.4. The standard InChI is InChI=1S/C20H28Cl2N2O2.C2HF3O2/c21-18-7-6-16(10-19(18)22)13-24-8-9-26-17(14-24)12-23-20(25)11-15-4-2-1-3-5-15;3-2(4,5)1(6)7/h6-7,10,15,17H,1-5,8-9,11-14H2,(H,23,25);(H,6,7). The van der Waals surface area contributed by atoms with Crippen molar-refractivity contribution in [3.63, 3.8) is 0 Å². The number of benzene rings is 1. The number of nitrogens with one attached hydrogen (secondary N) is 1. The minimum absolute atomic E-state index is 0.0434. The van der Waals surface area contributed by atoms with E-state index >= 15 is 0 Å². The van der Waals surface area contributed by atoms with Crippen LogP contribution >= 0.6 is 23.2 Å². The number of halogens is 5. The zero-order valence-electron chi connectivity index (χ0n) is 18.2. The van der Waals surface area contributed by atoms with E-state index in [2.05, 4.69) is 10.2 Å². The van der Waals surface area contributed by atoms with Gasteiger partial charge in [-0.05, 0) is 36.5 Å². The van der Waals surface area contributed by atoms with Gasteiger partial charge in [0.25, 0.3) is 0 Å². The summed E-state index contributed by atoms with van der Waals surface area (Å²) >= 11 is 12.1. The third-order valence-electron chi connectivity index (χ3n) is 5.58. The van der Waals surface area contributed by atoms with Crippen LogP contribution in [0.4, 0.5) is 13.2 Å². The summed E-state index contributed by atoms with van der Waals surface area (Å²) in [4.78, 5) is 23.4. The number of carboxylic acids is 1. The summed E-state index contributed by atoms with van der Waals surface area (Å²) in [5.41, 5.74) is 1.14. The molecule has 186 valence electrons. The van der Waals surface area contributed by atoms with Crippen LogP contribution in [0.15, 0.2) is 18.2 Å². The molecule has 1 aromatic rings. The van der Waals surface area contributed by atoms with Crippen molar-refractivity contribution >= 4 is 35.1 Å². The number of nitrogens with zero attached hydrogens (tertiary/aromatic N) is 1. The van der Waals surface area contributed by atoms with Crippen LogP contribution in [0.1, 0.15) is 44.1 Å². The second-order valence-electron chi connectivity index (χ2n) is 8.29. The predicted octanol–water partition coefficient (Wildman–Crippen LogP) is 4.91. The maximum absolute atomic E-state index is 12.2. The molecule has 6 nitrogen and oxygen atoms in total. The molecule has 1 saturated carbocycles. The van der Waals surface area contributed by atoms with Gasteiger partial charge in [-0.2, -0.15) is 13.2 Å². The first kappa shape index (κ1) is 27.7. The summed E-state index contributed by atoms with van der Waals surface area (Å²) in [6.45, 7) is 3.78. The summed E-state index contributed by atoms with van der Waals surface area (Å²) in [6.07, 6.45) is 1.89. The lowest BCUT2D eigenvalue weighted by atomic mass is 9.87. The van der Waals surface area contributed by atoms with Crippen molar-refractivity contribution in [2.45, 2.75) is 57.3 Å². The van der Waals surface area contributed by atoms with Crippen molar-refractivity contribution in [1.29, 1.82) is 0 Å². The molecule has 1 aliphatic heterocycles. The molecule has 1 aromatic carbocycles. The largest absolute Gasteiger partial charge is 0.490 e. The lowest BCUT2D eigenvalue weighted by molar-refractivity contribution is -0.192. The quantitative estimate of drug-likeness (QED) is 0.565. The Hall–Kier alpha value is -1.55. The number of amides is 1. The molecule has 3 rings (SSSR count). The van der Waals surface area contributed by atoms with Crippen molar-refractivity contribution < 1.29 is 32.6 Å². The predicted molar refractivity (Wildman–Crippen MR) is 119 cm³/mol. The summed E-state index contributed by atoms with van der Waals surface area (Å²) in [6, 6.07) is 5.76. The number of hydrogen-bond donors (Lipinski definition) is 2. The molecule has 1 saturated heterocycles. The molecule has 0 bridgehead atoms. The van der Waals surface area contributed by atoms with Crippen molar-refractivity contribution in [2.75, 3.05) is 26.2 Å². The van der Waals surface area contributed by atoms with Crippen molar-refractivity contribution in [1.82, 2.24) is 10.2 Å². The normalized spacial score (nSPS) is 20.0. The van der Waals surface area contributed by atoms with Crippen LogP contribution in [0, 0.1) is 5.92 Å². The lowest BCUT2D eigenvalue weighted by Gasteiger charge is -2.33. The number of carboxylic acid groups (broad SMARTS) is 1. The van der Waals surface area contributed by atoms with Gasteiger partial charge < -0.3 is 15.2 Å². The van der Waals surface area contributed by atoms with Gasteiger partial charge in [-0.15, -0.1) is 0 Å². The molecule has 0 spiro atoms. The Morgan fingerprint density at radius 3 is 2.42 bits per heavy atom. The molecule has 11 heteroatoms. The zero-order valence-corrected chi connectivity index (χ0v) is 19.7. The van der Waals surface area contributed by atoms with Crippen LogP contribution in [-0.4, -0.2) is 60.4 Å². The van der Waals surface area contributed by atoms with Crippen LogP contribution in [0.5, 0.6) is 0 Å². The van der Waals surface area contributed by atoms with Crippen molar-refractivity contribution in [2.24, 2.45) is 5.92 Å². The monoisotopic (exact) mass is 512 g/mol. The maximum atomic E-state index is 12.2. The zero-order chi connectivity index (χ0) is 24.4. The van der Waals surface area contributed by atoms with Gasteiger partial charge in [0, 0.05) is 32.6 Å². The summed E-state index contributed by atoms with van der Waals surface area (Å²) in [5, 5.41) is 11.4. The molecule has 0 radical (unpaired) electrons. The number of aliphatic carboxylic acids is 1. The first-order valence-electron chi connectivity index (χ1n) is 10.9. The summed E-state index contributed by atoms with van der Waals surface area (Å²) in [7, 11) is 0. The van der Waals surface area contributed by atoms with E-state index in [0.717, 1.165) is 25.2 Å². The SMILES string of the molecule is O=C(CC1CCCCC1)NCC1CN(Cc2ccc(Cl)c(Cl)c2)CCO1.O=C(O)C(F)(F)F. The van der Waals surface area contributed by atoms with Crippen molar-refractivity contribution in [3.05, 3.63) is 33.8 Å². The van der Waals surface area contributed by atoms with Gasteiger partial charge in [-0.1, -0.05) is 48.5 Å². The molecular formula is C22H29Cl2F3N2O4. The number of hydrogen-bond acceptors (Lipinski definition) is 4. The molecule has 33 heavy (non-hydrogen) atoms. The fourth-order valence-corrected chi connectivity index (χ4v) is 4.22. The molecule has 1 aliphatic carbocycles. The average Bonchev–Trinajstić information content (AvgIpc) is 2.76. The molecule has 2 aliphatic rings. The molecule has 1 unspecified atom stereocenters. The number of carbonyl (C=O) groups is 2. The fourth-order valence-electron chi connectivity index (χ4n) is 3.90. The van der Waals surface area contributed by atoms with Gasteiger partial charge in [0.05, 0.1) is 22.8 Å². The number of ether oxygens (including phenoxy) is 1. The Morgan fingerprint density at radius 1 is 1.15 bits per heavy atom. The van der Waals surface area contributed by atoms with E-state index in [4.69, 9.17) is 37.8 Å². The molecule has 1 atom stereocenters. The number of carbonyl (C=O) groups excluding carboxylic acids is 1.